The van der Waals surface area contributed by atoms with Crippen LogP contribution in [-0.2, 0) is 9.47 Å². The average Bonchev–Trinajstić information content (AvgIpc) is 2.48. The van der Waals surface area contributed by atoms with E-state index in [0.29, 0.717) is 11.2 Å². The molecule has 0 aliphatic rings. The van der Waals surface area contributed by atoms with Gasteiger partial charge in [-0.15, -0.1) is 0 Å². The molecule has 7 heteroatoms. The molecule has 0 unspecified atom stereocenters. The molecule has 7 nitrogen and oxygen atoms in total. The maximum atomic E-state index is 12.6. The minimum Gasteiger partial charge on any atom is -0.443 e. The Morgan fingerprint density at radius 1 is 1.00 bits per heavy atom. The first kappa shape index (κ1) is 19.5. The van der Waals surface area contributed by atoms with Crippen LogP contribution in [0.5, 0.6) is 0 Å². The Morgan fingerprint density at radius 2 is 1.65 bits per heavy atom. The lowest BCUT2D eigenvalue weighted by molar-refractivity contribution is 0.0425. The number of benzene rings is 1. The zero-order chi connectivity index (χ0) is 19.5. The van der Waals surface area contributed by atoms with E-state index in [2.05, 4.69) is 10.4 Å². The average molecular weight is 359 g/mol. The molecule has 0 aliphatic carbocycles. The smallest absolute Gasteiger partial charge is 0.434 e. The van der Waals surface area contributed by atoms with Crippen molar-refractivity contribution in [2.75, 3.05) is 5.01 Å². The van der Waals surface area contributed by atoms with E-state index >= 15 is 0 Å². The number of hydrazine groups is 1. The van der Waals surface area contributed by atoms with Crippen molar-refractivity contribution in [3.05, 3.63) is 36.5 Å². The van der Waals surface area contributed by atoms with Crippen LogP contribution < -0.4 is 10.4 Å². The van der Waals surface area contributed by atoms with Gasteiger partial charge >= 0.3 is 12.2 Å². The van der Waals surface area contributed by atoms with E-state index in [0.717, 1.165) is 10.4 Å². The van der Waals surface area contributed by atoms with E-state index in [1.807, 2.05) is 18.2 Å². The van der Waals surface area contributed by atoms with Crippen LogP contribution in [0.4, 0.5) is 15.3 Å². The summed E-state index contributed by atoms with van der Waals surface area (Å²) in [5, 5.41) is 1.94. The third-order valence-electron chi connectivity index (χ3n) is 3.03. The Balaban J connectivity index is 2.34. The van der Waals surface area contributed by atoms with Crippen molar-refractivity contribution in [3.8, 4) is 0 Å². The van der Waals surface area contributed by atoms with Gasteiger partial charge in [0.15, 0.2) is 0 Å². The number of carbonyl (C=O) groups is 2. The van der Waals surface area contributed by atoms with Crippen LogP contribution in [0, 0.1) is 0 Å². The second-order valence-electron chi connectivity index (χ2n) is 7.81. The van der Waals surface area contributed by atoms with Crippen molar-refractivity contribution in [1.29, 1.82) is 0 Å². The lowest BCUT2D eigenvalue weighted by Gasteiger charge is -2.28. The van der Waals surface area contributed by atoms with Crippen LogP contribution in [0.2, 0.25) is 0 Å². The van der Waals surface area contributed by atoms with Gasteiger partial charge in [-0.1, -0.05) is 12.1 Å². The molecule has 0 saturated carbocycles. The molecule has 140 valence electrons. The van der Waals surface area contributed by atoms with E-state index < -0.39 is 23.4 Å². The topological polar surface area (TPSA) is 80.8 Å². The maximum absolute atomic E-state index is 12.6. The monoisotopic (exact) mass is 359 g/mol. The number of pyridine rings is 1. The van der Waals surface area contributed by atoms with Gasteiger partial charge < -0.3 is 9.47 Å². The molecule has 0 saturated heterocycles. The normalized spacial score (nSPS) is 11.8. The predicted octanol–water partition coefficient (Wildman–Crippen LogP) is 4.42. The highest BCUT2D eigenvalue weighted by Gasteiger charge is 2.27. The van der Waals surface area contributed by atoms with Gasteiger partial charge in [-0.25, -0.2) is 15.0 Å². The van der Waals surface area contributed by atoms with Gasteiger partial charge in [0.05, 0.1) is 11.2 Å². The lowest BCUT2D eigenvalue weighted by atomic mass is 10.2. The molecule has 0 spiro atoms. The first-order chi connectivity index (χ1) is 11.9. The van der Waals surface area contributed by atoms with Crippen molar-refractivity contribution < 1.29 is 19.1 Å². The quantitative estimate of drug-likeness (QED) is 0.763. The fourth-order valence-electron chi connectivity index (χ4n) is 2.11. The van der Waals surface area contributed by atoms with Crippen LogP contribution in [0.1, 0.15) is 41.5 Å². The van der Waals surface area contributed by atoms with Gasteiger partial charge in [-0.05, 0) is 59.7 Å². The van der Waals surface area contributed by atoms with Crippen LogP contribution in [0.25, 0.3) is 10.9 Å². The largest absolute Gasteiger partial charge is 0.443 e. The summed E-state index contributed by atoms with van der Waals surface area (Å²) in [6, 6.07) is 8.94. The number of hydrogen-bond acceptors (Lipinski definition) is 5. The number of fused-ring (bicyclic) bond motifs is 1. The number of anilines is 1. The SMILES string of the molecule is CC(C)(C)OC(=O)NN(C(=O)OC(C)(C)C)c1ccc2cccnc2c1. The van der Waals surface area contributed by atoms with Gasteiger partial charge in [0.25, 0.3) is 0 Å². The molecular formula is C19H25N3O4. The Kier molecular flexibility index (Phi) is 5.39. The highest BCUT2D eigenvalue weighted by molar-refractivity contribution is 5.93. The number of carbonyl (C=O) groups excluding carboxylic acids is 2. The third kappa shape index (κ3) is 5.61. The second kappa shape index (κ2) is 7.19. The van der Waals surface area contributed by atoms with E-state index in [9.17, 15) is 9.59 Å². The zero-order valence-electron chi connectivity index (χ0n) is 16.0. The van der Waals surface area contributed by atoms with E-state index in [1.54, 1.807) is 59.9 Å². The summed E-state index contributed by atoms with van der Waals surface area (Å²) in [5.41, 5.74) is 2.12. The molecule has 2 rings (SSSR count). The molecule has 0 aliphatic heterocycles. The number of nitrogens with one attached hydrogen (secondary N) is 1. The van der Waals surface area contributed by atoms with Gasteiger partial charge in [-0.2, -0.15) is 5.01 Å². The number of amides is 2. The summed E-state index contributed by atoms with van der Waals surface area (Å²) in [6.07, 6.45) is 0.175. The molecule has 26 heavy (non-hydrogen) atoms. The molecule has 0 atom stereocenters. The van der Waals surface area contributed by atoms with E-state index in [-0.39, 0.29) is 0 Å². The van der Waals surface area contributed by atoms with Crippen molar-refractivity contribution in [2.24, 2.45) is 0 Å². The highest BCUT2D eigenvalue weighted by atomic mass is 16.6. The Labute approximate surface area is 153 Å². The van der Waals surface area contributed by atoms with Gasteiger partial charge in [0.2, 0.25) is 0 Å². The third-order valence-corrected chi connectivity index (χ3v) is 3.03. The van der Waals surface area contributed by atoms with Gasteiger partial charge in [0.1, 0.15) is 11.2 Å². The van der Waals surface area contributed by atoms with Crippen LogP contribution in [-0.4, -0.2) is 28.4 Å². The van der Waals surface area contributed by atoms with Crippen molar-refractivity contribution in [3.63, 3.8) is 0 Å². The summed E-state index contributed by atoms with van der Waals surface area (Å²) in [4.78, 5) is 29.1. The molecule has 1 aromatic heterocycles. The second-order valence-corrected chi connectivity index (χ2v) is 7.81. The molecule has 0 fully saturated rings. The first-order valence-electron chi connectivity index (χ1n) is 8.32. The number of nitrogens with zero attached hydrogens (tertiary/aromatic N) is 2. The van der Waals surface area contributed by atoms with Crippen molar-refractivity contribution in [1.82, 2.24) is 10.4 Å². The van der Waals surface area contributed by atoms with Crippen molar-refractivity contribution >= 4 is 28.8 Å². The number of rotatable bonds is 1. The fraction of sp³-hybridized carbons (Fsp3) is 0.421. The van der Waals surface area contributed by atoms with E-state index in [4.69, 9.17) is 9.47 Å². The predicted molar refractivity (Wildman–Crippen MR) is 99.8 cm³/mol. The lowest BCUT2D eigenvalue weighted by Crippen LogP contribution is -2.50. The number of hydrogen-bond donors (Lipinski definition) is 1. The highest BCUT2D eigenvalue weighted by Crippen LogP contribution is 2.22. The van der Waals surface area contributed by atoms with E-state index in [1.165, 1.54) is 0 Å². The molecular weight excluding hydrogens is 334 g/mol. The molecule has 2 aromatic rings. The zero-order valence-corrected chi connectivity index (χ0v) is 16.0. The summed E-state index contributed by atoms with van der Waals surface area (Å²) < 4.78 is 10.6. The number of aromatic nitrogens is 1. The summed E-state index contributed by atoms with van der Waals surface area (Å²) in [5.74, 6) is 0. The Bertz CT molecular complexity index is 806. The van der Waals surface area contributed by atoms with Gasteiger partial charge in [0, 0.05) is 11.6 Å². The molecule has 1 N–H and O–H groups in total. The van der Waals surface area contributed by atoms with Gasteiger partial charge in [-0.3, -0.25) is 4.98 Å². The summed E-state index contributed by atoms with van der Waals surface area (Å²) in [7, 11) is 0. The first-order valence-corrected chi connectivity index (χ1v) is 8.32. The Morgan fingerprint density at radius 3 is 2.27 bits per heavy atom. The summed E-state index contributed by atoms with van der Waals surface area (Å²) in [6.45, 7) is 10.5. The van der Waals surface area contributed by atoms with Crippen LogP contribution >= 0.6 is 0 Å². The molecule has 1 aromatic carbocycles. The molecule has 1 heterocycles. The Hall–Kier alpha value is -2.83. The summed E-state index contributed by atoms with van der Waals surface area (Å²) >= 11 is 0. The fourth-order valence-corrected chi connectivity index (χ4v) is 2.11. The minimum absolute atomic E-state index is 0.413. The molecule has 0 bridgehead atoms. The number of ether oxygens (including phenoxy) is 2. The molecule has 0 radical (unpaired) electrons. The van der Waals surface area contributed by atoms with Crippen LogP contribution in [0.15, 0.2) is 36.5 Å². The standard InChI is InChI=1S/C19H25N3O4/c1-18(2,3)25-16(23)21-22(17(24)26-19(4,5)6)14-10-9-13-8-7-11-20-15(13)12-14/h7-12H,1-6H3,(H,21,23). The van der Waals surface area contributed by atoms with Crippen molar-refractivity contribution in [2.45, 2.75) is 52.7 Å². The molecule has 2 amide bonds. The maximum Gasteiger partial charge on any atom is 0.434 e. The minimum atomic E-state index is -0.760. The van der Waals surface area contributed by atoms with Crippen LogP contribution in [0.3, 0.4) is 0 Å².